The lowest BCUT2D eigenvalue weighted by molar-refractivity contribution is -0.131. The maximum Gasteiger partial charge on any atom is 0.342 e. The highest BCUT2D eigenvalue weighted by atomic mass is 35.5. The van der Waals surface area contributed by atoms with E-state index in [1.54, 1.807) is 25.1 Å². The van der Waals surface area contributed by atoms with Crippen molar-refractivity contribution in [3.05, 3.63) is 44.6 Å². The van der Waals surface area contributed by atoms with Gasteiger partial charge in [0.2, 0.25) is 5.89 Å². The smallest absolute Gasteiger partial charge is 0.342 e. The van der Waals surface area contributed by atoms with Crippen molar-refractivity contribution in [1.82, 2.24) is 10.2 Å². The molecule has 0 saturated carbocycles. The van der Waals surface area contributed by atoms with E-state index < -0.39 is 5.97 Å². The van der Waals surface area contributed by atoms with Crippen molar-refractivity contribution in [2.45, 2.75) is 12.1 Å². The molecule has 2 aromatic rings. The molecule has 1 aromatic carbocycles. The minimum atomic E-state index is -1.12. The molecule has 0 atom stereocenters. The number of hydrogen-bond donors (Lipinski definition) is 1. The number of carboxylic acids is 1. The standard InChI is InChI=1S/C12H8Cl2N2O3S/c1-6-15-16-12(19-6)20-9(11(17)18)5-7-3-2-4-8(13)10(7)14/h2-5H,1H3,(H,17,18)/b9-5-. The maximum atomic E-state index is 11.3. The first-order valence-corrected chi connectivity index (χ1v) is 6.91. The van der Waals surface area contributed by atoms with Crippen LogP contribution >= 0.6 is 35.0 Å². The van der Waals surface area contributed by atoms with E-state index >= 15 is 0 Å². The van der Waals surface area contributed by atoms with E-state index in [4.69, 9.17) is 27.6 Å². The lowest BCUT2D eigenvalue weighted by atomic mass is 10.2. The summed E-state index contributed by atoms with van der Waals surface area (Å²) >= 11 is 12.7. The van der Waals surface area contributed by atoms with Crippen LogP contribution in [0.25, 0.3) is 6.08 Å². The summed E-state index contributed by atoms with van der Waals surface area (Å²) < 4.78 is 5.13. The Balaban J connectivity index is 2.35. The number of carboxylic acid groups (broad SMARTS) is 1. The van der Waals surface area contributed by atoms with Gasteiger partial charge in [-0.2, -0.15) is 0 Å². The third-order valence-corrected chi connectivity index (χ3v) is 3.87. The lowest BCUT2D eigenvalue weighted by Gasteiger charge is -2.02. The molecule has 0 unspecified atom stereocenters. The summed E-state index contributed by atoms with van der Waals surface area (Å²) in [6.45, 7) is 1.62. The average Bonchev–Trinajstić information content (AvgIpc) is 2.79. The molecule has 0 amide bonds. The monoisotopic (exact) mass is 330 g/mol. The van der Waals surface area contributed by atoms with Gasteiger partial charge in [0.05, 0.1) is 10.0 Å². The van der Waals surface area contributed by atoms with E-state index in [2.05, 4.69) is 10.2 Å². The number of aryl methyl sites for hydroxylation is 1. The Labute approximate surface area is 128 Å². The highest BCUT2D eigenvalue weighted by Crippen LogP contribution is 2.31. The van der Waals surface area contributed by atoms with Gasteiger partial charge in [0.15, 0.2) is 0 Å². The number of hydrogen-bond acceptors (Lipinski definition) is 5. The molecular formula is C12H8Cl2N2O3S. The van der Waals surface area contributed by atoms with Gasteiger partial charge in [-0.1, -0.05) is 35.3 Å². The molecule has 1 aromatic heterocycles. The fourth-order valence-electron chi connectivity index (χ4n) is 1.32. The molecule has 0 spiro atoms. The van der Waals surface area contributed by atoms with Crippen LogP contribution in [0.15, 0.2) is 32.7 Å². The average molecular weight is 331 g/mol. The third-order valence-electron chi connectivity index (χ3n) is 2.18. The van der Waals surface area contributed by atoms with Gasteiger partial charge in [-0.15, -0.1) is 10.2 Å². The Hall–Kier alpha value is -1.50. The van der Waals surface area contributed by atoms with Crippen LogP contribution in [0.3, 0.4) is 0 Å². The number of nitrogens with zero attached hydrogens (tertiary/aromatic N) is 2. The number of carbonyl (C=O) groups is 1. The van der Waals surface area contributed by atoms with Gasteiger partial charge >= 0.3 is 5.97 Å². The molecule has 20 heavy (non-hydrogen) atoms. The zero-order chi connectivity index (χ0) is 14.7. The molecule has 0 aliphatic heterocycles. The summed E-state index contributed by atoms with van der Waals surface area (Å²) in [4.78, 5) is 11.3. The fourth-order valence-corrected chi connectivity index (χ4v) is 2.39. The first-order chi connectivity index (χ1) is 9.47. The second-order valence-electron chi connectivity index (χ2n) is 3.65. The van der Waals surface area contributed by atoms with Crippen LogP contribution in [0.1, 0.15) is 11.5 Å². The number of benzene rings is 1. The molecule has 0 aliphatic carbocycles. The maximum absolute atomic E-state index is 11.3. The number of thioether (sulfide) groups is 1. The quantitative estimate of drug-likeness (QED) is 0.676. The van der Waals surface area contributed by atoms with Crippen LogP contribution in [-0.2, 0) is 4.79 Å². The molecular weight excluding hydrogens is 323 g/mol. The van der Waals surface area contributed by atoms with E-state index in [-0.39, 0.29) is 15.2 Å². The number of halogens is 2. The van der Waals surface area contributed by atoms with Crippen LogP contribution in [0.4, 0.5) is 0 Å². The molecule has 0 bridgehead atoms. The van der Waals surface area contributed by atoms with Gasteiger partial charge in [0, 0.05) is 6.92 Å². The zero-order valence-electron chi connectivity index (χ0n) is 10.1. The molecule has 1 N–H and O–H groups in total. The Morgan fingerprint density at radius 2 is 2.15 bits per heavy atom. The molecule has 8 heteroatoms. The molecule has 2 rings (SSSR count). The second-order valence-corrected chi connectivity index (χ2v) is 5.42. The largest absolute Gasteiger partial charge is 0.477 e. The zero-order valence-corrected chi connectivity index (χ0v) is 12.5. The Kier molecular flexibility index (Phi) is 4.69. The summed E-state index contributed by atoms with van der Waals surface area (Å²) in [5, 5.41) is 17.4. The van der Waals surface area contributed by atoms with Gasteiger partial charge in [0.25, 0.3) is 5.22 Å². The molecule has 5 nitrogen and oxygen atoms in total. The predicted molar refractivity (Wildman–Crippen MR) is 77.0 cm³/mol. The normalized spacial score (nSPS) is 11.7. The van der Waals surface area contributed by atoms with Crippen molar-refractivity contribution in [2.75, 3.05) is 0 Å². The van der Waals surface area contributed by atoms with Crippen LogP contribution < -0.4 is 0 Å². The summed E-state index contributed by atoms with van der Waals surface area (Å²) in [6, 6.07) is 4.97. The van der Waals surface area contributed by atoms with E-state index in [9.17, 15) is 9.90 Å². The molecule has 0 radical (unpaired) electrons. The SMILES string of the molecule is Cc1nnc(S/C(=C\c2cccc(Cl)c2Cl)C(=O)O)o1. The minimum absolute atomic E-state index is 0.00202. The summed E-state index contributed by atoms with van der Waals surface area (Å²) in [7, 11) is 0. The fraction of sp³-hybridized carbons (Fsp3) is 0.0833. The van der Waals surface area contributed by atoms with Crippen molar-refractivity contribution in [1.29, 1.82) is 0 Å². The summed E-state index contributed by atoms with van der Waals surface area (Å²) in [5.41, 5.74) is 0.500. The highest BCUT2D eigenvalue weighted by Gasteiger charge is 2.15. The lowest BCUT2D eigenvalue weighted by Crippen LogP contribution is -1.97. The van der Waals surface area contributed by atoms with Gasteiger partial charge < -0.3 is 9.52 Å². The van der Waals surface area contributed by atoms with E-state index in [0.717, 1.165) is 11.8 Å². The van der Waals surface area contributed by atoms with Crippen LogP contribution in [0.2, 0.25) is 10.0 Å². The van der Waals surface area contributed by atoms with Crippen LogP contribution in [0.5, 0.6) is 0 Å². The van der Waals surface area contributed by atoms with Crippen molar-refractivity contribution in [3.8, 4) is 0 Å². The van der Waals surface area contributed by atoms with E-state index in [1.165, 1.54) is 6.08 Å². The van der Waals surface area contributed by atoms with Crippen molar-refractivity contribution < 1.29 is 14.3 Å². The number of rotatable bonds is 4. The Morgan fingerprint density at radius 1 is 1.40 bits per heavy atom. The van der Waals surface area contributed by atoms with Crippen LogP contribution in [-0.4, -0.2) is 21.3 Å². The molecule has 1 heterocycles. The second kappa shape index (κ2) is 6.30. The Bertz CT molecular complexity index is 685. The minimum Gasteiger partial charge on any atom is -0.477 e. The first kappa shape index (κ1) is 14.9. The molecule has 0 fully saturated rings. The molecule has 0 aliphatic rings. The summed E-state index contributed by atoms with van der Waals surface area (Å²) in [6.07, 6.45) is 1.40. The number of aliphatic carboxylic acids is 1. The summed E-state index contributed by atoms with van der Waals surface area (Å²) in [5.74, 6) is -0.764. The topological polar surface area (TPSA) is 76.2 Å². The highest BCUT2D eigenvalue weighted by molar-refractivity contribution is 8.03. The third kappa shape index (κ3) is 3.53. The molecule has 104 valence electrons. The van der Waals surface area contributed by atoms with Gasteiger partial charge in [-0.3, -0.25) is 0 Å². The Morgan fingerprint density at radius 3 is 2.75 bits per heavy atom. The van der Waals surface area contributed by atoms with E-state index in [0.29, 0.717) is 16.5 Å². The van der Waals surface area contributed by atoms with Gasteiger partial charge in [0.1, 0.15) is 4.91 Å². The molecule has 0 saturated heterocycles. The van der Waals surface area contributed by atoms with Crippen molar-refractivity contribution >= 4 is 47.0 Å². The van der Waals surface area contributed by atoms with Crippen molar-refractivity contribution in [3.63, 3.8) is 0 Å². The predicted octanol–water partition coefficient (Wildman–Crippen LogP) is 3.90. The first-order valence-electron chi connectivity index (χ1n) is 5.34. The van der Waals surface area contributed by atoms with E-state index in [1.807, 2.05) is 0 Å². The number of aromatic nitrogens is 2. The van der Waals surface area contributed by atoms with Crippen molar-refractivity contribution in [2.24, 2.45) is 0 Å². The van der Waals surface area contributed by atoms with Gasteiger partial charge in [-0.25, -0.2) is 4.79 Å². The van der Waals surface area contributed by atoms with Crippen LogP contribution in [0, 0.1) is 6.92 Å². The van der Waals surface area contributed by atoms with Gasteiger partial charge in [-0.05, 0) is 29.5 Å².